The molecule has 2 N–H and O–H groups in total. The Morgan fingerprint density at radius 3 is 2.26 bits per heavy atom. The van der Waals surface area contributed by atoms with Crippen LogP contribution in [0.4, 0.5) is 5.69 Å². The van der Waals surface area contributed by atoms with Gasteiger partial charge in [-0.05, 0) is 74.4 Å². The fourth-order valence-electron chi connectivity index (χ4n) is 4.29. The van der Waals surface area contributed by atoms with E-state index in [9.17, 15) is 13.2 Å². The van der Waals surface area contributed by atoms with Crippen LogP contribution in [0.5, 0.6) is 0 Å². The summed E-state index contributed by atoms with van der Waals surface area (Å²) in [6.45, 7) is 1.91. The van der Waals surface area contributed by atoms with Gasteiger partial charge in [0.25, 0.3) is 15.9 Å². The van der Waals surface area contributed by atoms with Crippen LogP contribution in [0.1, 0.15) is 41.6 Å². The fourth-order valence-corrected chi connectivity index (χ4v) is 5.35. The predicted molar refractivity (Wildman–Crippen MR) is 105 cm³/mol. The summed E-state index contributed by atoms with van der Waals surface area (Å²) in [5, 5.41) is 3.15. The van der Waals surface area contributed by atoms with Gasteiger partial charge in [0.15, 0.2) is 0 Å². The van der Waals surface area contributed by atoms with Gasteiger partial charge in [-0.25, -0.2) is 8.42 Å². The summed E-state index contributed by atoms with van der Waals surface area (Å²) in [5.41, 5.74) is 1.99. The number of rotatable bonds is 5. The first kappa shape index (κ1) is 18.0. The normalized spacial score (nSPS) is 24.0. The minimum atomic E-state index is -3.64. The van der Waals surface area contributed by atoms with Crippen LogP contribution in [-0.4, -0.2) is 20.4 Å². The first-order chi connectivity index (χ1) is 12.9. The zero-order valence-corrected chi connectivity index (χ0v) is 16.1. The van der Waals surface area contributed by atoms with Crippen LogP contribution in [-0.2, 0) is 10.0 Å². The summed E-state index contributed by atoms with van der Waals surface area (Å²) in [6.07, 6.45) is 4.84. The van der Waals surface area contributed by atoms with Crippen molar-refractivity contribution in [2.24, 2.45) is 11.8 Å². The number of hydrogen-bond acceptors (Lipinski definition) is 3. The third-order valence-corrected chi connectivity index (χ3v) is 7.18. The van der Waals surface area contributed by atoms with Crippen LogP contribution in [0.25, 0.3) is 0 Å². The van der Waals surface area contributed by atoms with Crippen molar-refractivity contribution in [1.82, 2.24) is 5.32 Å². The highest BCUT2D eigenvalue weighted by Gasteiger charge is 2.40. The summed E-state index contributed by atoms with van der Waals surface area (Å²) in [7, 11) is -3.64. The maximum absolute atomic E-state index is 12.5. The second kappa shape index (κ2) is 7.00. The van der Waals surface area contributed by atoms with Crippen LogP contribution < -0.4 is 10.0 Å². The maximum Gasteiger partial charge on any atom is 0.261 e. The molecule has 6 heteroatoms. The van der Waals surface area contributed by atoms with Crippen molar-refractivity contribution in [3.05, 3.63) is 59.7 Å². The van der Waals surface area contributed by atoms with E-state index in [1.807, 2.05) is 6.92 Å². The molecule has 0 spiro atoms. The van der Waals surface area contributed by atoms with Crippen molar-refractivity contribution < 1.29 is 13.2 Å². The molecule has 3 atom stereocenters. The maximum atomic E-state index is 12.5. The zero-order valence-electron chi connectivity index (χ0n) is 15.3. The summed E-state index contributed by atoms with van der Waals surface area (Å²) >= 11 is 0. The van der Waals surface area contributed by atoms with Crippen molar-refractivity contribution in [2.75, 3.05) is 4.72 Å². The third kappa shape index (κ3) is 3.86. The number of sulfonamides is 1. The molecule has 0 heterocycles. The third-order valence-electron chi connectivity index (χ3n) is 5.79. The van der Waals surface area contributed by atoms with E-state index < -0.39 is 10.0 Å². The Balaban J connectivity index is 1.41. The van der Waals surface area contributed by atoms with E-state index in [2.05, 4.69) is 10.0 Å². The molecule has 2 aromatic carbocycles. The van der Waals surface area contributed by atoms with Gasteiger partial charge in [-0.15, -0.1) is 0 Å². The van der Waals surface area contributed by atoms with E-state index in [1.54, 1.807) is 48.5 Å². The quantitative estimate of drug-likeness (QED) is 0.825. The molecule has 4 rings (SSSR count). The first-order valence-corrected chi connectivity index (χ1v) is 10.9. The summed E-state index contributed by atoms with van der Waals surface area (Å²) in [6, 6.07) is 13.5. The summed E-state index contributed by atoms with van der Waals surface area (Å²) in [4.78, 5) is 12.7. The topological polar surface area (TPSA) is 75.3 Å². The molecule has 0 unspecified atom stereocenters. The van der Waals surface area contributed by atoms with Crippen LogP contribution in [0.3, 0.4) is 0 Å². The van der Waals surface area contributed by atoms with Gasteiger partial charge in [-0.2, -0.15) is 0 Å². The highest BCUT2D eigenvalue weighted by molar-refractivity contribution is 7.92. The molecule has 0 aromatic heterocycles. The predicted octanol–water partition coefficient (Wildman–Crippen LogP) is 3.71. The van der Waals surface area contributed by atoms with Crippen LogP contribution >= 0.6 is 0 Å². The number of carbonyl (C=O) groups is 1. The molecular formula is C21H24N2O3S. The van der Waals surface area contributed by atoms with E-state index in [4.69, 9.17) is 0 Å². The lowest BCUT2D eigenvalue weighted by atomic mass is 9.95. The van der Waals surface area contributed by atoms with Crippen LogP contribution in [0, 0.1) is 18.8 Å². The van der Waals surface area contributed by atoms with E-state index in [-0.39, 0.29) is 16.8 Å². The Morgan fingerprint density at radius 1 is 0.963 bits per heavy atom. The van der Waals surface area contributed by atoms with Crippen molar-refractivity contribution in [2.45, 2.75) is 43.5 Å². The van der Waals surface area contributed by atoms with E-state index in [0.29, 0.717) is 17.2 Å². The number of carbonyl (C=O) groups excluding carboxylic acids is 1. The minimum Gasteiger partial charge on any atom is -0.349 e. The lowest BCUT2D eigenvalue weighted by Crippen LogP contribution is -2.38. The number of fused-ring (bicyclic) bond motifs is 2. The lowest BCUT2D eigenvalue weighted by molar-refractivity contribution is 0.0923. The Bertz CT molecular complexity index is 936. The number of hydrogen-bond donors (Lipinski definition) is 2. The average molecular weight is 385 g/mol. The molecule has 2 saturated carbocycles. The lowest BCUT2D eigenvalue weighted by Gasteiger charge is -2.22. The number of anilines is 1. The molecular weight excluding hydrogens is 360 g/mol. The van der Waals surface area contributed by atoms with Crippen molar-refractivity contribution in [1.29, 1.82) is 0 Å². The number of amides is 1. The Hall–Kier alpha value is -2.34. The molecule has 2 aromatic rings. The molecule has 0 radical (unpaired) electrons. The Morgan fingerprint density at radius 2 is 1.67 bits per heavy atom. The molecule has 2 fully saturated rings. The molecule has 2 aliphatic rings. The molecule has 2 bridgehead atoms. The number of nitrogens with one attached hydrogen (secondary N) is 2. The van der Waals surface area contributed by atoms with E-state index >= 15 is 0 Å². The Labute approximate surface area is 160 Å². The van der Waals surface area contributed by atoms with Gasteiger partial charge in [0.05, 0.1) is 4.90 Å². The van der Waals surface area contributed by atoms with Crippen molar-refractivity contribution >= 4 is 21.6 Å². The first-order valence-electron chi connectivity index (χ1n) is 9.41. The molecule has 27 heavy (non-hydrogen) atoms. The molecule has 5 nitrogen and oxygen atoms in total. The van der Waals surface area contributed by atoms with Gasteiger partial charge >= 0.3 is 0 Å². The standard InChI is InChI=1S/C21H24N2O3S/c1-14-2-10-19(11-3-14)27(25,26)23-18-8-6-16(7-9-18)21(24)22-20-13-15-4-5-17(20)12-15/h2-3,6-11,15,17,20,23H,4-5,12-13H2,1H3,(H,22,24)/t15-,17-,20-/m1/s1. The molecule has 1 amide bonds. The fraction of sp³-hybridized carbons (Fsp3) is 0.381. The van der Waals surface area contributed by atoms with E-state index in [1.165, 1.54) is 19.3 Å². The summed E-state index contributed by atoms with van der Waals surface area (Å²) in [5.74, 6) is 1.32. The molecule has 2 aliphatic carbocycles. The monoisotopic (exact) mass is 384 g/mol. The second-order valence-electron chi connectivity index (χ2n) is 7.75. The largest absolute Gasteiger partial charge is 0.349 e. The smallest absolute Gasteiger partial charge is 0.261 e. The highest BCUT2D eigenvalue weighted by Crippen LogP contribution is 2.44. The molecule has 0 saturated heterocycles. The van der Waals surface area contributed by atoms with Crippen molar-refractivity contribution in [3.63, 3.8) is 0 Å². The van der Waals surface area contributed by atoms with Crippen LogP contribution in [0.2, 0.25) is 0 Å². The van der Waals surface area contributed by atoms with Gasteiger partial charge in [0.2, 0.25) is 0 Å². The van der Waals surface area contributed by atoms with Crippen LogP contribution in [0.15, 0.2) is 53.4 Å². The zero-order chi connectivity index (χ0) is 19.0. The van der Waals surface area contributed by atoms with Gasteiger partial charge in [0.1, 0.15) is 0 Å². The molecule has 142 valence electrons. The van der Waals surface area contributed by atoms with Gasteiger partial charge in [-0.3, -0.25) is 9.52 Å². The Kier molecular flexibility index (Phi) is 4.68. The second-order valence-corrected chi connectivity index (χ2v) is 9.43. The summed E-state index contributed by atoms with van der Waals surface area (Å²) < 4.78 is 27.4. The number of benzene rings is 2. The molecule has 0 aliphatic heterocycles. The number of aryl methyl sites for hydroxylation is 1. The highest BCUT2D eigenvalue weighted by atomic mass is 32.2. The van der Waals surface area contributed by atoms with Gasteiger partial charge < -0.3 is 5.32 Å². The van der Waals surface area contributed by atoms with Crippen molar-refractivity contribution in [3.8, 4) is 0 Å². The minimum absolute atomic E-state index is 0.0829. The average Bonchev–Trinajstić information content (AvgIpc) is 3.25. The van der Waals surface area contributed by atoms with E-state index in [0.717, 1.165) is 17.9 Å². The SMILES string of the molecule is Cc1ccc(S(=O)(=O)Nc2ccc(C(=O)N[C@@H]3C[C@@H]4CC[C@@H]3C4)cc2)cc1. The van der Waals surface area contributed by atoms with Gasteiger partial charge in [0, 0.05) is 17.3 Å². The van der Waals surface area contributed by atoms with Gasteiger partial charge in [-0.1, -0.05) is 24.1 Å².